The van der Waals surface area contributed by atoms with E-state index in [0.717, 1.165) is 0 Å². The van der Waals surface area contributed by atoms with E-state index in [1.165, 1.54) is 13.4 Å². The van der Waals surface area contributed by atoms with E-state index >= 15 is 0 Å². The Hall–Kier alpha value is -2.74. The molecule has 1 aromatic heterocycles. The lowest BCUT2D eigenvalue weighted by atomic mass is 9.33. The SMILES string of the molecule is C=CCC12CC3(O)C4CC(=O)OC(c5ccoc5)C4(C)CCC3C(C)(C1=O)C(CC(=O)OC)C(C)(C)C2=O. The second-order valence-electron chi connectivity index (χ2n) is 13.0. The Kier molecular flexibility index (Phi) is 5.92. The van der Waals surface area contributed by atoms with Crippen molar-refractivity contribution in [2.75, 3.05) is 7.11 Å². The van der Waals surface area contributed by atoms with Gasteiger partial charge in [-0.1, -0.05) is 33.8 Å². The molecule has 4 fully saturated rings. The Bertz CT molecular complexity index is 1200. The molecule has 3 aliphatic carbocycles. The molecular formula is C30H38O8. The van der Waals surface area contributed by atoms with E-state index in [-0.39, 0.29) is 37.2 Å². The normalized spacial score (nSPS) is 43.5. The number of carbonyl (C=O) groups excluding carboxylic acids is 4. The van der Waals surface area contributed by atoms with Gasteiger partial charge in [0.15, 0.2) is 11.6 Å². The number of ketones is 2. The van der Waals surface area contributed by atoms with Crippen LogP contribution in [0.2, 0.25) is 0 Å². The second-order valence-corrected chi connectivity index (χ2v) is 13.0. The molecule has 8 atom stereocenters. The highest BCUT2D eigenvalue weighted by molar-refractivity contribution is 6.15. The lowest BCUT2D eigenvalue weighted by molar-refractivity contribution is -0.270. The third-order valence-electron chi connectivity index (χ3n) is 11.0. The van der Waals surface area contributed by atoms with Crippen molar-refractivity contribution in [3.8, 4) is 0 Å². The number of esters is 2. The summed E-state index contributed by atoms with van der Waals surface area (Å²) in [6.45, 7) is 11.3. The maximum atomic E-state index is 14.5. The number of allylic oxidation sites excluding steroid dienone is 1. The summed E-state index contributed by atoms with van der Waals surface area (Å²) in [5.41, 5.74) is -5.18. The van der Waals surface area contributed by atoms with Crippen molar-refractivity contribution in [1.82, 2.24) is 0 Å². The summed E-state index contributed by atoms with van der Waals surface area (Å²) in [5.74, 6) is -3.26. The van der Waals surface area contributed by atoms with Crippen LogP contribution >= 0.6 is 0 Å². The molecule has 8 nitrogen and oxygen atoms in total. The number of furan rings is 1. The zero-order valence-electron chi connectivity index (χ0n) is 22.9. The monoisotopic (exact) mass is 526 g/mol. The Morgan fingerprint density at radius 3 is 2.50 bits per heavy atom. The topological polar surface area (TPSA) is 120 Å². The minimum Gasteiger partial charge on any atom is -0.472 e. The van der Waals surface area contributed by atoms with Crippen molar-refractivity contribution in [2.24, 2.45) is 39.4 Å². The van der Waals surface area contributed by atoms with Gasteiger partial charge in [0.05, 0.1) is 43.5 Å². The molecule has 3 saturated carbocycles. The molecule has 8 unspecified atom stereocenters. The van der Waals surface area contributed by atoms with Gasteiger partial charge < -0.3 is 19.0 Å². The van der Waals surface area contributed by atoms with Crippen LogP contribution in [0.4, 0.5) is 0 Å². The van der Waals surface area contributed by atoms with Crippen LogP contribution < -0.4 is 0 Å². The average Bonchev–Trinajstić information content (AvgIpc) is 3.39. The largest absolute Gasteiger partial charge is 0.472 e. The number of aliphatic hydroxyl groups is 1. The third kappa shape index (κ3) is 3.18. The van der Waals surface area contributed by atoms with Crippen molar-refractivity contribution >= 4 is 23.5 Å². The number of fused-ring (bicyclic) bond motifs is 6. The summed E-state index contributed by atoms with van der Waals surface area (Å²) in [6.07, 6.45) is 4.96. The molecule has 1 aromatic rings. The lowest BCUT2D eigenvalue weighted by Gasteiger charge is -2.70. The average molecular weight is 527 g/mol. The van der Waals surface area contributed by atoms with Crippen molar-refractivity contribution in [2.45, 2.75) is 77.9 Å². The van der Waals surface area contributed by atoms with Crippen molar-refractivity contribution in [3.63, 3.8) is 0 Å². The van der Waals surface area contributed by atoms with Crippen LogP contribution in [0.5, 0.6) is 0 Å². The van der Waals surface area contributed by atoms with E-state index < -0.39 is 63.1 Å². The number of rotatable bonds is 5. The van der Waals surface area contributed by atoms with Gasteiger partial charge in [-0.3, -0.25) is 19.2 Å². The van der Waals surface area contributed by atoms with Gasteiger partial charge in [-0.25, -0.2) is 0 Å². The van der Waals surface area contributed by atoms with Gasteiger partial charge in [0.2, 0.25) is 0 Å². The maximum absolute atomic E-state index is 14.5. The van der Waals surface area contributed by atoms with E-state index in [9.17, 15) is 24.3 Å². The molecule has 5 rings (SSSR count). The maximum Gasteiger partial charge on any atom is 0.306 e. The van der Waals surface area contributed by atoms with Gasteiger partial charge in [0.1, 0.15) is 6.10 Å². The van der Waals surface area contributed by atoms with E-state index in [0.29, 0.717) is 18.4 Å². The first-order valence-electron chi connectivity index (χ1n) is 13.4. The van der Waals surface area contributed by atoms with Crippen LogP contribution in [0.3, 0.4) is 0 Å². The zero-order valence-corrected chi connectivity index (χ0v) is 22.9. The van der Waals surface area contributed by atoms with Gasteiger partial charge in [0.25, 0.3) is 0 Å². The molecule has 0 amide bonds. The second kappa shape index (κ2) is 8.38. The van der Waals surface area contributed by atoms with E-state index in [1.807, 2.05) is 13.8 Å². The number of cyclic esters (lactones) is 1. The predicted molar refractivity (Wildman–Crippen MR) is 135 cm³/mol. The number of methoxy groups -OCH3 is 1. The molecule has 38 heavy (non-hydrogen) atoms. The highest BCUT2D eigenvalue weighted by Gasteiger charge is 2.78. The molecule has 4 aliphatic rings. The van der Waals surface area contributed by atoms with Crippen molar-refractivity contribution < 1.29 is 38.2 Å². The molecule has 2 bridgehead atoms. The van der Waals surface area contributed by atoms with Gasteiger partial charge in [0, 0.05) is 33.6 Å². The first-order valence-corrected chi connectivity index (χ1v) is 13.4. The van der Waals surface area contributed by atoms with E-state index in [2.05, 4.69) is 6.58 Å². The summed E-state index contributed by atoms with van der Waals surface area (Å²) < 4.78 is 16.2. The van der Waals surface area contributed by atoms with E-state index in [4.69, 9.17) is 13.9 Å². The number of carbonyl (C=O) groups is 4. The third-order valence-corrected chi connectivity index (χ3v) is 11.0. The summed E-state index contributed by atoms with van der Waals surface area (Å²) in [4.78, 5) is 54.5. The molecule has 1 N–H and O–H groups in total. The van der Waals surface area contributed by atoms with Gasteiger partial charge in [-0.2, -0.15) is 0 Å². The summed E-state index contributed by atoms with van der Waals surface area (Å²) in [5, 5.41) is 12.9. The molecule has 2 heterocycles. The molecule has 0 radical (unpaired) electrons. The molecule has 1 saturated heterocycles. The number of hydrogen-bond acceptors (Lipinski definition) is 8. The van der Waals surface area contributed by atoms with Crippen LogP contribution in [-0.4, -0.2) is 41.3 Å². The van der Waals surface area contributed by atoms with Crippen LogP contribution in [0.1, 0.15) is 77.9 Å². The summed E-state index contributed by atoms with van der Waals surface area (Å²) in [6, 6.07) is 1.76. The van der Waals surface area contributed by atoms with Gasteiger partial charge >= 0.3 is 11.9 Å². The number of ether oxygens (including phenoxy) is 2. The quantitative estimate of drug-likeness (QED) is 0.341. The molecule has 0 spiro atoms. The Balaban J connectivity index is 1.72. The molecule has 8 heteroatoms. The van der Waals surface area contributed by atoms with Crippen molar-refractivity contribution in [3.05, 3.63) is 36.8 Å². The smallest absolute Gasteiger partial charge is 0.306 e. The molecule has 1 aliphatic heterocycles. The number of hydrogen-bond donors (Lipinski definition) is 1. The van der Waals surface area contributed by atoms with Crippen molar-refractivity contribution in [1.29, 1.82) is 0 Å². The zero-order chi connectivity index (χ0) is 27.9. The number of Topliss-reactive ketones (excluding diaryl/α,β-unsaturated/α-hetero) is 2. The Morgan fingerprint density at radius 1 is 1.18 bits per heavy atom. The first-order chi connectivity index (χ1) is 17.7. The Morgan fingerprint density at radius 2 is 1.89 bits per heavy atom. The van der Waals surface area contributed by atoms with Crippen LogP contribution in [-0.2, 0) is 28.7 Å². The van der Waals surface area contributed by atoms with Crippen LogP contribution in [0.15, 0.2) is 35.7 Å². The standard InChI is InChI=1S/C30H38O8/c1-7-10-29-16-30(35)18(28(5,25(29)34)19(13-21(31)36-6)26(2,3)24(29)33)8-11-27(4)20(30)14-22(32)38-23(27)17-9-12-37-15-17/h7,9,12,15,18-20,23,35H,1,8,10-11,13-14,16H2,2-6H3. The minimum atomic E-state index is -1.53. The van der Waals surface area contributed by atoms with Crippen LogP contribution in [0.25, 0.3) is 0 Å². The highest BCUT2D eigenvalue weighted by Crippen LogP contribution is 2.73. The van der Waals surface area contributed by atoms with E-state index in [1.54, 1.807) is 32.3 Å². The fraction of sp³-hybridized carbons (Fsp3) is 0.667. The first kappa shape index (κ1) is 26.9. The fourth-order valence-corrected chi connectivity index (χ4v) is 9.40. The molecule has 206 valence electrons. The summed E-state index contributed by atoms with van der Waals surface area (Å²) in [7, 11) is 1.29. The summed E-state index contributed by atoms with van der Waals surface area (Å²) >= 11 is 0. The minimum absolute atomic E-state index is 0.0223. The lowest BCUT2D eigenvalue weighted by Crippen LogP contribution is -2.77. The Labute approximate surface area is 223 Å². The molecular weight excluding hydrogens is 488 g/mol. The van der Waals surface area contributed by atoms with Gasteiger partial charge in [-0.05, 0) is 37.7 Å². The molecule has 0 aromatic carbocycles. The predicted octanol–water partition coefficient (Wildman–Crippen LogP) is 4.36. The fourth-order valence-electron chi connectivity index (χ4n) is 9.40. The van der Waals surface area contributed by atoms with Crippen LogP contribution in [0, 0.1) is 39.4 Å². The highest BCUT2D eigenvalue weighted by atomic mass is 16.5. The van der Waals surface area contributed by atoms with Gasteiger partial charge in [-0.15, -0.1) is 6.58 Å².